The minimum Gasteiger partial charge on any atom is -0.324 e. The molecule has 0 bridgehead atoms. The summed E-state index contributed by atoms with van der Waals surface area (Å²) in [5.41, 5.74) is 6.98. The molecule has 0 saturated heterocycles. The minimum atomic E-state index is 0.0914. The predicted molar refractivity (Wildman–Crippen MR) is 48.7 cm³/mol. The lowest BCUT2D eigenvalue weighted by Gasteiger charge is -2.08. The largest absolute Gasteiger partial charge is 0.324 e. The van der Waals surface area contributed by atoms with Crippen LogP contribution in [0.15, 0.2) is 30.3 Å². The van der Waals surface area contributed by atoms with E-state index in [0.29, 0.717) is 5.88 Å². The van der Waals surface area contributed by atoms with Crippen LogP contribution in [0.3, 0.4) is 0 Å². The molecule has 0 fully saturated rings. The Labute approximate surface area is 72.2 Å². The van der Waals surface area contributed by atoms with Crippen LogP contribution in [-0.2, 0) is 0 Å². The fourth-order valence-electron chi connectivity index (χ4n) is 0.984. The van der Waals surface area contributed by atoms with Crippen LogP contribution < -0.4 is 5.73 Å². The quantitative estimate of drug-likeness (QED) is 0.691. The maximum Gasteiger partial charge on any atom is 0.0306 e. The van der Waals surface area contributed by atoms with E-state index in [0.717, 1.165) is 12.0 Å². The van der Waals surface area contributed by atoms with Crippen LogP contribution in [-0.4, -0.2) is 5.88 Å². The van der Waals surface area contributed by atoms with Gasteiger partial charge in [0.15, 0.2) is 0 Å². The highest BCUT2D eigenvalue weighted by Gasteiger charge is 2.02. The normalized spacial score (nSPS) is 12.9. The Morgan fingerprint density at radius 1 is 1.27 bits per heavy atom. The Morgan fingerprint density at radius 2 is 1.91 bits per heavy atom. The summed E-state index contributed by atoms with van der Waals surface area (Å²) >= 11 is 5.57. The highest BCUT2D eigenvalue weighted by molar-refractivity contribution is 6.17. The molecule has 0 unspecified atom stereocenters. The van der Waals surface area contributed by atoms with Crippen molar-refractivity contribution < 1.29 is 0 Å². The molecular weight excluding hydrogens is 158 g/mol. The molecule has 0 radical (unpaired) electrons. The van der Waals surface area contributed by atoms with Crippen LogP contribution in [0, 0.1) is 0 Å². The van der Waals surface area contributed by atoms with Crippen LogP contribution in [0.25, 0.3) is 0 Å². The Hall–Kier alpha value is -0.530. The van der Waals surface area contributed by atoms with Gasteiger partial charge in [0, 0.05) is 11.9 Å². The zero-order valence-electron chi connectivity index (χ0n) is 6.33. The van der Waals surface area contributed by atoms with E-state index in [1.54, 1.807) is 0 Å². The average molecular weight is 170 g/mol. The molecule has 2 heteroatoms. The van der Waals surface area contributed by atoms with E-state index in [1.165, 1.54) is 0 Å². The van der Waals surface area contributed by atoms with Gasteiger partial charge in [0.25, 0.3) is 0 Å². The number of halogens is 1. The first-order chi connectivity index (χ1) is 5.34. The van der Waals surface area contributed by atoms with Crippen molar-refractivity contribution in [1.82, 2.24) is 0 Å². The van der Waals surface area contributed by atoms with Crippen molar-refractivity contribution in [3.63, 3.8) is 0 Å². The van der Waals surface area contributed by atoms with Gasteiger partial charge in [0.05, 0.1) is 0 Å². The molecule has 0 aliphatic rings. The highest BCUT2D eigenvalue weighted by atomic mass is 35.5. The number of benzene rings is 1. The lowest BCUT2D eigenvalue weighted by atomic mass is 10.1. The zero-order chi connectivity index (χ0) is 8.10. The van der Waals surface area contributed by atoms with Crippen molar-refractivity contribution in [3.05, 3.63) is 35.9 Å². The number of alkyl halides is 1. The second-order valence-corrected chi connectivity index (χ2v) is 2.87. The lowest BCUT2D eigenvalue weighted by molar-refractivity contribution is 0.703. The number of hydrogen-bond acceptors (Lipinski definition) is 1. The first kappa shape index (κ1) is 8.57. The molecule has 60 valence electrons. The molecule has 2 N–H and O–H groups in total. The summed E-state index contributed by atoms with van der Waals surface area (Å²) in [7, 11) is 0. The number of hydrogen-bond donors (Lipinski definition) is 1. The molecule has 1 aromatic rings. The summed E-state index contributed by atoms with van der Waals surface area (Å²) in [6, 6.07) is 10.1. The average Bonchev–Trinajstić information content (AvgIpc) is 2.07. The summed E-state index contributed by atoms with van der Waals surface area (Å²) in [5.74, 6) is 0.621. The summed E-state index contributed by atoms with van der Waals surface area (Å²) < 4.78 is 0. The van der Waals surface area contributed by atoms with Crippen molar-refractivity contribution >= 4 is 11.6 Å². The van der Waals surface area contributed by atoms with Crippen LogP contribution in [0.2, 0.25) is 0 Å². The van der Waals surface area contributed by atoms with Crippen LogP contribution in [0.1, 0.15) is 18.0 Å². The van der Waals surface area contributed by atoms with E-state index in [9.17, 15) is 0 Å². The Bertz CT molecular complexity index is 198. The van der Waals surface area contributed by atoms with Crippen molar-refractivity contribution in [1.29, 1.82) is 0 Å². The molecule has 0 heterocycles. The van der Waals surface area contributed by atoms with Crippen molar-refractivity contribution in [2.75, 3.05) is 5.88 Å². The van der Waals surface area contributed by atoms with Crippen LogP contribution in [0.4, 0.5) is 0 Å². The molecule has 11 heavy (non-hydrogen) atoms. The third-order valence-corrected chi connectivity index (χ3v) is 1.87. The molecule has 1 atom stereocenters. The van der Waals surface area contributed by atoms with Crippen molar-refractivity contribution in [3.8, 4) is 0 Å². The molecular formula is C9H12ClN. The predicted octanol–water partition coefficient (Wildman–Crippen LogP) is 2.32. The van der Waals surface area contributed by atoms with Gasteiger partial charge in [-0.3, -0.25) is 0 Å². The van der Waals surface area contributed by atoms with Gasteiger partial charge in [0.2, 0.25) is 0 Å². The highest BCUT2D eigenvalue weighted by Crippen LogP contribution is 2.13. The first-order valence-corrected chi connectivity index (χ1v) is 4.24. The van der Waals surface area contributed by atoms with Crippen LogP contribution in [0.5, 0.6) is 0 Å². The third kappa shape index (κ3) is 2.52. The maximum atomic E-state index is 5.82. The van der Waals surface area contributed by atoms with Gasteiger partial charge in [-0.25, -0.2) is 0 Å². The maximum absolute atomic E-state index is 5.82. The van der Waals surface area contributed by atoms with Gasteiger partial charge in [-0.1, -0.05) is 30.3 Å². The van der Waals surface area contributed by atoms with E-state index in [-0.39, 0.29) is 6.04 Å². The summed E-state index contributed by atoms with van der Waals surface area (Å²) in [4.78, 5) is 0. The fraction of sp³-hybridized carbons (Fsp3) is 0.333. The standard InChI is InChI=1S/C9H12ClN/c10-7-6-9(11)8-4-2-1-3-5-8/h1-5,9H,6-7,11H2/t9-/m1/s1. The lowest BCUT2D eigenvalue weighted by Crippen LogP contribution is -2.10. The minimum absolute atomic E-state index is 0.0914. The first-order valence-electron chi connectivity index (χ1n) is 3.71. The van der Waals surface area contributed by atoms with Gasteiger partial charge in [0.1, 0.15) is 0 Å². The summed E-state index contributed by atoms with van der Waals surface area (Å²) in [6.07, 6.45) is 0.839. The second-order valence-electron chi connectivity index (χ2n) is 2.49. The van der Waals surface area contributed by atoms with E-state index >= 15 is 0 Å². The van der Waals surface area contributed by atoms with Gasteiger partial charge < -0.3 is 5.73 Å². The molecule has 0 amide bonds. The van der Waals surface area contributed by atoms with Crippen LogP contribution >= 0.6 is 11.6 Å². The van der Waals surface area contributed by atoms with Gasteiger partial charge in [-0.05, 0) is 12.0 Å². The third-order valence-electron chi connectivity index (χ3n) is 1.65. The molecule has 0 saturated carbocycles. The fourth-order valence-corrected chi connectivity index (χ4v) is 1.22. The molecule has 1 nitrogen and oxygen atoms in total. The molecule has 0 aliphatic carbocycles. The van der Waals surface area contributed by atoms with E-state index in [2.05, 4.69) is 0 Å². The Morgan fingerprint density at radius 3 is 2.45 bits per heavy atom. The summed E-state index contributed by atoms with van der Waals surface area (Å²) in [5, 5.41) is 0. The zero-order valence-corrected chi connectivity index (χ0v) is 7.09. The SMILES string of the molecule is N[C@H](CCCl)c1ccccc1. The van der Waals surface area contributed by atoms with Gasteiger partial charge in [-0.15, -0.1) is 11.6 Å². The molecule has 1 aromatic carbocycles. The van der Waals surface area contributed by atoms with Crippen molar-refractivity contribution in [2.45, 2.75) is 12.5 Å². The van der Waals surface area contributed by atoms with Gasteiger partial charge in [-0.2, -0.15) is 0 Å². The topological polar surface area (TPSA) is 26.0 Å². The monoisotopic (exact) mass is 169 g/mol. The van der Waals surface area contributed by atoms with E-state index < -0.39 is 0 Å². The number of rotatable bonds is 3. The second kappa shape index (κ2) is 4.37. The molecule has 1 rings (SSSR count). The Balaban J connectivity index is 2.61. The van der Waals surface area contributed by atoms with E-state index in [1.807, 2.05) is 30.3 Å². The molecule has 0 spiro atoms. The summed E-state index contributed by atoms with van der Waals surface area (Å²) in [6.45, 7) is 0. The molecule has 0 aliphatic heterocycles. The number of nitrogens with two attached hydrogens (primary N) is 1. The van der Waals surface area contributed by atoms with Gasteiger partial charge >= 0.3 is 0 Å². The van der Waals surface area contributed by atoms with Crippen molar-refractivity contribution in [2.24, 2.45) is 5.73 Å². The van der Waals surface area contributed by atoms with E-state index in [4.69, 9.17) is 17.3 Å². The smallest absolute Gasteiger partial charge is 0.0306 e. The molecule has 0 aromatic heterocycles. The Kier molecular flexibility index (Phi) is 3.40.